The molecular weight excluding hydrogens is 404 g/mol. The van der Waals surface area contributed by atoms with Crippen molar-refractivity contribution in [3.05, 3.63) is 30.0 Å². The van der Waals surface area contributed by atoms with Gasteiger partial charge in [0.05, 0.1) is 72.7 Å². The maximum absolute atomic E-state index is 8.55. The van der Waals surface area contributed by atoms with Crippen LogP contribution in [0.5, 0.6) is 5.75 Å². The number of H-pyrrole nitrogens is 1. The molecule has 0 radical (unpaired) electrons. The Morgan fingerprint density at radius 3 is 1.84 bits per heavy atom. The van der Waals surface area contributed by atoms with Gasteiger partial charge >= 0.3 is 0 Å². The average molecular weight is 441 g/mol. The van der Waals surface area contributed by atoms with E-state index in [0.717, 1.165) is 23.1 Å². The Morgan fingerprint density at radius 2 is 1.29 bits per heavy atom. The Hall–Kier alpha value is -1.72. The molecule has 4 N–H and O–H groups in total. The second-order valence-corrected chi connectivity index (χ2v) is 6.69. The lowest BCUT2D eigenvalue weighted by Gasteiger charge is -2.09. The van der Waals surface area contributed by atoms with Gasteiger partial charge in [0, 0.05) is 17.1 Å². The first-order valence-electron chi connectivity index (χ1n) is 10.8. The van der Waals surface area contributed by atoms with Crippen LogP contribution in [0.3, 0.4) is 0 Å². The molecule has 1 heterocycles. The summed E-state index contributed by atoms with van der Waals surface area (Å²) < 4.78 is 32.6. The van der Waals surface area contributed by atoms with Gasteiger partial charge in [-0.25, -0.2) is 0 Å². The fraction of sp³-hybridized carbons (Fsp3) is 0.636. The minimum absolute atomic E-state index is 0.0316. The van der Waals surface area contributed by atoms with Crippen molar-refractivity contribution in [2.75, 3.05) is 85.8 Å². The molecule has 0 saturated carbocycles. The van der Waals surface area contributed by atoms with E-state index < -0.39 is 0 Å². The molecule has 2 rings (SSSR count). The number of aromatic amines is 1. The molecule has 0 amide bonds. The smallest absolute Gasteiger partial charge is 0.120 e. The van der Waals surface area contributed by atoms with Gasteiger partial charge in [-0.15, -0.1) is 0 Å². The summed E-state index contributed by atoms with van der Waals surface area (Å²) in [4.78, 5) is 3.25. The SMILES string of the molecule is NCCc1c[nH]c2ccc(OCCOCCOCCOCCOCCOCCO)cc12. The number of hydrogen-bond donors (Lipinski definition) is 3. The quantitative estimate of drug-likeness (QED) is 0.262. The van der Waals surface area contributed by atoms with Crippen molar-refractivity contribution in [2.45, 2.75) is 6.42 Å². The van der Waals surface area contributed by atoms with E-state index in [1.807, 2.05) is 24.4 Å². The predicted molar refractivity (Wildman–Crippen MR) is 118 cm³/mol. The molecule has 0 spiro atoms. The predicted octanol–water partition coefficient (Wildman–Crippen LogP) is 1.12. The number of fused-ring (bicyclic) bond motifs is 1. The standard InChI is InChI=1S/C22H36N2O7/c23-4-3-19-18-24-22-2-1-20(17-21(19)22)31-16-15-30-14-13-29-12-11-28-10-9-27-8-7-26-6-5-25/h1-2,17-18,24-25H,3-16,23H2. The first-order valence-corrected chi connectivity index (χ1v) is 10.8. The highest BCUT2D eigenvalue weighted by Gasteiger charge is 2.05. The van der Waals surface area contributed by atoms with Gasteiger partial charge in [0.25, 0.3) is 0 Å². The molecule has 1 aromatic heterocycles. The average Bonchev–Trinajstić information content (AvgIpc) is 3.18. The summed E-state index contributed by atoms with van der Waals surface area (Å²) >= 11 is 0. The van der Waals surface area contributed by atoms with Crippen molar-refractivity contribution in [3.8, 4) is 5.75 Å². The van der Waals surface area contributed by atoms with Crippen molar-refractivity contribution in [3.63, 3.8) is 0 Å². The Balaban J connectivity index is 1.38. The van der Waals surface area contributed by atoms with E-state index in [2.05, 4.69) is 4.98 Å². The van der Waals surface area contributed by atoms with Crippen LogP contribution >= 0.6 is 0 Å². The first kappa shape index (κ1) is 25.5. The van der Waals surface area contributed by atoms with Crippen LogP contribution in [0.2, 0.25) is 0 Å². The summed E-state index contributed by atoms with van der Waals surface area (Å²) in [7, 11) is 0. The molecule has 1 aromatic carbocycles. The van der Waals surface area contributed by atoms with E-state index in [9.17, 15) is 0 Å². The highest BCUT2D eigenvalue weighted by Crippen LogP contribution is 2.23. The lowest BCUT2D eigenvalue weighted by atomic mass is 10.1. The molecule has 2 aromatic rings. The Labute approximate surface area is 183 Å². The largest absolute Gasteiger partial charge is 0.491 e. The molecule has 0 aliphatic heterocycles. The van der Waals surface area contributed by atoms with Crippen molar-refractivity contribution in [1.29, 1.82) is 0 Å². The van der Waals surface area contributed by atoms with Gasteiger partial charge in [0.2, 0.25) is 0 Å². The zero-order valence-corrected chi connectivity index (χ0v) is 18.2. The van der Waals surface area contributed by atoms with Crippen molar-refractivity contribution in [2.24, 2.45) is 5.73 Å². The van der Waals surface area contributed by atoms with Crippen molar-refractivity contribution in [1.82, 2.24) is 4.98 Å². The lowest BCUT2D eigenvalue weighted by molar-refractivity contribution is -0.0146. The van der Waals surface area contributed by atoms with Crippen LogP contribution in [0.25, 0.3) is 10.9 Å². The summed E-state index contributed by atoms with van der Waals surface area (Å²) in [6.45, 7) is 6.03. The van der Waals surface area contributed by atoms with Crippen LogP contribution < -0.4 is 10.5 Å². The van der Waals surface area contributed by atoms with Gasteiger partial charge in [0.1, 0.15) is 12.4 Å². The zero-order chi connectivity index (χ0) is 22.0. The molecule has 176 valence electrons. The Bertz CT molecular complexity index is 696. The Morgan fingerprint density at radius 1 is 0.742 bits per heavy atom. The van der Waals surface area contributed by atoms with Crippen LogP contribution in [0.15, 0.2) is 24.4 Å². The van der Waals surface area contributed by atoms with Gasteiger partial charge in [-0.2, -0.15) is 0 Å². The van der Waals surface area contributed by atoms with Crippen LogP contribution in [-0.2, 0) is 30.1 Å². The molecule has 0 bridgehead atoms. The molecule has 0 aliphatic carbocycles. The van der Waals surface area contributed by atoms with Crippen molar-refractivity contribution >= 4 is 10.9 Å². The highest BCUT2D eigenvalue weighted by atomic mass is 16.6. The van der Waals surface area contributed by atoms with Crippen LogP contribution in [0.4, 0.5) is 0 Å². The van der Waals surface area contributed by atoms with Gasteiger partial charge in [-0.05, 0) is 36.7 Å². The third kappa shape index (κ3) is 10.9. The van der Waals surface area contributed by atoms with Crippen molar-refractivity contribution < 1.29 is 33.5 Å². The fourth-order valence-electron chi connectivity index (χ4n) is 2.87. The Kier molecular flexibility index (Phi) is 13.9. The summed E-state index contributed by atoms with van der Waals surface area (Å²) in [6.07, 6.45) is 2.84. The molecule has 31 heavy (non-hydrogen) atoms. The number of benzene rings is 1. The van der Waals surface area contributed by atoms with Gasteiger partial charge < -0.3 is 44.2 Å². The van der Waals surface area contributed by atoms with E-state index in [-0.39, 0.29) is 6.61 Å². The van der Waals surface area contributed by atoms with Gasteiger partial charge in [-0.3, -0.25) is 0 Å². The maximum atomic E-state index is 8.55. The zero-order valence-electron chi connectivity index (χ0n) is 18.2. The summed E-state index contributed by atoms with van der Waals surface area (Å²) in [5, 5.41) is 9.71. The second kappa shape index (κ2) is 16.9. The molecule has 9 heteroatoms. The topological polar surface area (TPSA) is 117 Å². The number of nitrogens with two attached hydrogens (primary N) is 1. The fourth-order valence-corrected chi connectivity index (χ4v) is 2.87. The van der Waals surface area contributed by atoms with E-state index in [4.69, 9.17) is 39.3 Å². The van der Waals surface area contributed by atoms with Crippen LogP contribution in [0, 0.1) is 0 Å². The van der Waals surface area contributed by atoms with Crippen LogP contribution in [0.1, 0.15) is 5.56 Å². The monoisotopic (exact) mass is 440 g/mol. The van der Waals surface area contributed by atoms with E-state index in [1.165, 1.54) is 5.56 Å². The molecule has 0 atom stereocenters. The lowest BCUT2D eigenvalue weighted by Crippen LogP contribution is -2.14. The summed E-state index contributed by atoms with van der Waals surface area (Å²) in [5.41, 5.74) is 7.95. The number of hydrogen-bond acceptors (Lipinski definition) is 8. The second-order valence-electron chi connectivity index (χ2n) is 6.69. The maximum Gasteiger partial charge on any atom is 0.120 e. The number of aromatic nitrogens is 1. The first-order chi connectivity index (χ1) is 15.3. The number of rotatable bonds is 20. The molecule has 9 nitrogen and oxygen atoms in total. The van der Waals surface area contributed by atoms with E-state index in [1.54, 1.807) is 0 Å². The third-order valence-corrected chi connectivity index (χ3v) is 4.37. The van der Waals surface area contributed by atoms with Gasteiger partial charge in [-0.1, -0.05) is 0 Å². The molecule has 0 fully saturated rings. The number of ether oxygens (including phenoxy) is 6. The minimum atomic E-state index is 0.0316. The minimum Gasteiger partial charge on any atom is -0.491 e. The normalized spacial score (nSPS) is 11.4. The molecule has 0 aliphatic rings. The highest BCUT2D eigenvalue weighted by molar-refractivity contribution is 5.84. The number of nitrogens with one attached hydrogen (secondary N) is 1. The van der Waals surface area contributed by atoms with E-state index >= 15 is 0 Å². The molecular formula is C22H36N2O7. The molecule has 0 saturated heterocycles. The third-order valence-electron chi connectivity index (χ3n) is 4.37. The number of aliphatic hydroxyl groups is 1. The summed E-state index contributed by atoms with van der Waals surface area (Å²) in [6, 6.07) is 6.00. The molecule has 0 unspecified atom stereocenters. The van der Waals surface area contributed by atoms with Gasteiger partial charge in [0.15, 0.2) is 0 Å². The number of aliphatic hydroxyl groups excluding tert-OH is 1. The van der Waals surface area contributed by atoms with Crippen LogP contribution in [-0.4, -0.2) is 95.9 Å². The summed E-state index contributed by atoms with van der Waals surface area (Å²) in [5.74, 6) is 0.823. The van der Waals surface area contributed by atoms with E-state index in [0.29, 0.717) is 79.2 Å².